The predicted octanol–water partition coefficient (Wildman–Crippen LogP) is 4.08. The molecule has 0 radical (unpaired) electrons. The number of rotatable bonds is 6. The second-order valence-corrected chi connectivity index (χ2v) is 7.69. The largest absolute Gasteiger partial charge is 0.382 e. The van der Waals surface area contributed by atoms with E-state index in [1.807, 2.05) is 18.2 Å². The van der Waals surface area contributed by atoms with Crippen molar-refractivity contribution in [3.63, 3.8) is 0 Å². The van der Waals surface area contributed by atoms with Gasteiger partial charge in [-0.15, -0.1) is 0 Å². The topological polar surface area (TPSA) is 119 Å². The van der Waals surface area contributed by atoms with Crippen molar-refractivity contribution >= 4 is 45.6 Å². The Morgan fingerprint density at radius 2 is 1.79 bits per heavy atom. The molecular weight excluding hydrogens is 442 g/mol. The minimum absolute atomic E-state index is 0.0317. The number of H-pyrrole nitrogens is 1. The zero-order valence-corrected chi connectivity index (χ0v) is 18.3. The molecule has 8 nitrogen and oxygen atoms in total. The van der Waals surface area contributed by atoms with Crippen LogP contribution in [0.3, 0.4) is 0 Å². The fraction of sp³-hybridized carbons (Fsp3) is 0.0833. The number of carbonyl (C=O) groups excluding carboxylic acids is 1. The number of hydrazone groups is 1. The Bertz CT molecular complexity index is 1390. The number of benzene rings is 3. The lowest BCUT2D eigenvalue weighted by Gasteiger charge is -2.15. The first-order valence-corrected chi connectivity index (χ1v) is 10.4. The first kappa shape index (κ1) is 22.2. The molecule has 1 atom stereocenters. The molecule has 1 amide bonds. The fourth-order valence-electron chi connectivity index (χ4n) is 3.22. The molecule has 0 spiro atoms. The van der Waals surface area contributed by atoms with Crippen LogP contribution in [0.15, 0.2) is 82.7 Å². The van der Waals surface area contributed by atoms with E-state index in [9.17, 15) is 14.7 Å². The summed E-state index contributed by atoms with van der Waals surface area (Å²) in [6.07, 6.45) is -1.27. The van der Waals surface area contributed by atoms with E-state index in [0.29, 0.717) is 33.0 Å². The summed E-state index contributed by atoms with van der Waals surface area (Å²) in [5.41, 5.74) is 5.04. The van der Waals surface area contributed by atoms with E-state index in [1.54, 1.807) is 54.6 Å². The Kier molecular flexibility index (Phi) is 6.48. The molecule has 0 bridgehead atoms. The number of nitrogens with one attached hydrogen (secondary N) is 3. The molecule has 0 aliphatic rings. The molecule has 3 aromatic carbocycles. The van der Waals surface area contributed by atoms with Gasteiger partial charge in [-0.1, -0.05) is 41.9 Å². The maximum absolute atomic E-state index is 12.9. The van der Waals surface area contributed by atoms with Crippen molar-refractivity contribution in [3.05, 3.63) is 99.4 Å². The van der Waals surface area contributed by atoms with Crippen LogP contribution in [-0.2, 0) is 4.79 Å². The lowest BCUT2D eigenvalue weighted by Crippen LogP contribution is -2.26. The highest BCUT2D eigenvalue weighted by molar-refractivity contribution is 6.31. The number of anilines is 2. The minimum Gasteiger partial charge on any atom is -0.382 e. The van der Waals surface area contributed by atoms with Crippen LogP contribution in [0.2, 0.25) is 5.02 Å². The summed E-state index contributed by atoms with van der Waals surface area (Å²) in [7, 11) is 0. The van der Waals surface area contributed by atoms with Gasteiger partial charge in [0.25, 0.3) is 5.56 Å². The summed E-state index contributed by atoms with van der Waals surface area (Å²) < 4.78 is 0. The first-order valence-electron chi connectivity index (χ1n) is 10.0. The molecule has 1 heterocycles. The van der Waals surface area contributed by atoms with E-state index >= 15 is 0 Å². The van der Waals surface area contributed by atoms with Gasteiger partial charge in [0.15, 0.2) is 5.69 Å². The number of hydrogen-bond acceptors (Lipinski definition) is 6. The third-order valence-electron chi connectivity index (χ3n) is 4.78. The van der Waals surface area contributed by atoms with Gasteiger partial charge in [0.1, 0.15) is 11.8 Å². The van der Waals surface area contributed by atoms with Crippen molar-refractivity contribution in [2.45, 2.75) is 13.0 Å². The molecule has 4 N–H and O–H groups in total. The van der Waals surface area contributed by atoms with Crippen LogP contribution in [0.4, 0.5) is 11.4 Å². The summed E-state index contributed by atoms with van der Waals surface area (Å²) in [6, 6.07) is 20.7. The Morgan fingerprint density at radius 1 is 1.06 bits per heavy atom. The van der Waals surface area contributed by atoms with Crippen LogP contribution in [0.1, 0.15) is 24.3 Å². The Labute approximate surface area is 194 Å². The highest BCUT2D eigenvalue weighted by Crippen LogP contribution is 2.22. The second kappa shape index (κ2) is 9.64. The molecule has 4 aromatic rings. The van der Waals surface area contributed by atoms with Crippen LogP contribution in [0, 0.1) is 0 Å². The van der Waals surface area contributed by atoms with Crippen molar-refractivity contribution < 1.29 is 9.90 Å². The molecule has 0 saturated heterocycles. The van der Waals surface area contributed by atoms with Gasteiger partial charge in [-0.05, 0) is 48.0 Å². The first-order chi connectivity index (χ1) is 15.9. The number of aromatic amines is 1. The standard InChI is InChI=1S/C24H20ClN5O3/c1-14(31)26-17-10-7-15(8-11-17)23(32)21(30-29-18-5-3-2-4-6-18)22-24(33)28-20-13-16(25)9-12-19(20)27-22/h2-13,23,29,32H,1H3,(H,26,31)(H,28,33)/b30-21+/t23-/m1/s1. The zero-order valence-electron chi connectivity index (χ0n) is 17.5. The van der Waals surface area contributed by atoms with Crippen molar-refractivity contribution in [3.8, 4) is 0 Å². The van der Waals surface area contributed by atoms with E-state index in [-0.39, 0.29) is 17.3 Å². The van der Waals surface area contributed by atoms with Crippen LogP contribution >= 0.6 is 11.6 Å². The number of fused-ring (bicyclic) bond motifs is 1. The quantitative estimate of drug-likeness (QED) is 0.255. The predicted molar refractivity (Wildman–Crippen MR) is 130 cm³/mol. The monoisotopic (exact) mass is 461 g/mol. The highest BCUT2D eigenvalue weighted by Gasteiger charge is 2.23. The molecule has 4 rings (SSSR count). The molecule has 33 heavy (non-hydrogen) atoms. The van der Waals surface area contributed by atoms with Crippen molar-refractivity contribution in [1.82, 2.24) is 9.97 Å². The van der Waals surface area contributed by atoms with E-state index < -0.39 is 11.7 Å². The summed E-state index contributed by atoms with van der Waals surface area (Å²) in [5, 5.41) is 18.6. The van der Waals surface area contributed by atoms with Crippen LogP contribution in [-0.4, -0.2) is 26.7 Å². The number of para-hydroxylation sites is 1. The third-order valence-corrected chi connectivity index (χ3v) is 5.02. The highest BCUT2D eigenvalue weighted by atomic mass is 35.5. The summed E-state index contributed by atoms with van der Waals surface area (Å²) in [6.45, 7) is 1.41. The number of aliphatic hydroxyl groups excluding tert-OH is 1. The number of amides is 1. The average Bonchev–Trinajstić information content (AvgIpc) is 2.80. The van der Waals surface area contributed by atoms with Gasteiger partial charge >= 0.3 is 0 Å². The van der Waals surface area contributed by atoms with Gasteiger partial charge in [-0.25, -0.2) is 4.98 Å². The lowest BCUT2D eigenvalue weighted by atomic mass is 10.0. The van der Waals surface area contributed by atoms with E-state index in [0.717, 1.165) is 0 Å². The molecule has 0 saturated carbocycles. The van der Waals surface area contributed by atoms with Gasteiger partial charge in [0.05, 0.1) is 16.7 Å². The number of aliphatic hydroxyl groups is 1. The van der Waals surface area contributed by atoms with Gasteiger partial charge in [-0.3, -0.25) is 15.0 Å². The number of aromatic nitrogens is 2. The number of nitrogens with zero attached hydrogens (tertiary/aromatic N) is 2. The minimum atomic E-state index is -1.27. The lowest BCUT2D eigenvalue weighted by molar-refractivity contribution is -0.114. The number of hydrogen-bond donors (Lipinski definition) is 4. The smallest absolute Gasteiger partial charge is 0.276 e. The van der Waals surface area contributed by atoms with Gasteiger partial charge < -0.3 is 15.4 Å². The second-order valence-electron chi connectivity index (χ2n) is 7.26. The van der Waals surface area contributed by atoms with Gasteiger partial charge in [0, 0.05) is 17.6 Å². The van der Waals surface area contributed by atoms with Crippen LogP contribution in [0.5, 0.6) is 0 Å². The molecule has 0 aliphatic heterocycles. The van der Waals surface area contributed by atoms with E-state index in [4.69, 9.17) is 11.6 Å². The van der Waals surface area contributed by atoms with Crippen molar-refractivity contribution in [2.24, 2.45) is 5.10 Å². The maximum atomic E-state index is 12.9. The Balaban J connectivity index is 1.77. The SMILES string of the molecule is CC(=O)Nc1ccc([C@@H](O)/C(=N/Nc2ccccc2)c2nc3ccc(Cl)cc3[nH]c2=O)cc1. The van der Waals surface area contributed by atoms with Gasteiger partial charge in [-0.2, -0.15) is 5.10 Å². The molecule has 9 heteroatoms. The van der Waals surface area contributed by atoms with Crippen LogP contribution in [0.25, 0.3) is 11.0 Å². The number of halogens is 1. The van der Waals surface area contributed by atoms with E-state index in [1.165, 1.54) is 6.92 Å². The normalized spacial score (nSPS) is 12.4. The molecule has 1 aromatic heterocycles. The van der Waals surface area contributed by atoms with Gasteiger partial charge in [0.2, 0.25) is 5.91 Å². The molecule has 0 fully saturated rings. The third kappa shape index (κ3) is 5.25. The Morgan fingerprint density at radius 3 is 2.48 bits per heavy atom. The van der Waals surface area contributed by atoms with Crippen LogP contribution < -0.4 is 16.3 Å². The van der Waals surface area contributed by atoms with E-state index in [2.05, 4.69) is 25.8 Å². The van der Waals surface area contributed by atoms with Crippen molar-refractivity contribution in [2.75, 3.05) is 10.7 Å². The molecular formula is C24H20ClN5O3. The Hall–Kier alpha value is -4.01. The summed E-state index contributed by atoms with van der Waals surface area (Å²) in [5.74, 6) is -0.204. The maximum Gasteiger partial charge on any atom is 0.276 e. The zero-order chi connectivity index (χ0) is 23.4. The summed E-state index contributed by atoms with van der Waals surface area (Å²) in [4.78, 5) is 31.3. The molecule has 0 unspecified atom stereocenters. The summed E-state index contributed by atoms with van der Waals surface area (Å²) >= 11 is 6.02. The number of carbonyl (C=O) groups is 1. The average molecular weight is 462 g/mol. The molecule has 166 valence electrons. The fourth-order valence-corrected chi connectivity index (χ4v) is 3.40. The molecule has 0 aliphatic carbocycles. The van der Waals surface area contributed by atoms with Crippen molar-refractivity contribution in [1.29, 1.82) is 0 Å².